The standard InChI is InChI=1S/C18H22N2O6S2/c1-10(17(22)20(3)13-6-7-28(24,25)9-13)26-18(23)12-4-5-15-14(8-12)19-16(21)11(2)27-15/h4-5,8,10-11,13H,6-7,9H2,1-3H3,(H,19,21). The number of amides is 2. The molecule has 2 aliphatic rings. The van der Waals surface area contributed by atoms with Gasteiger partial charge in [0.25, 0.3) is 5.91 Å². The molecule has 2 aliphatic heterocycles. The van der Waals surface area contributed by atoms with Gasteiger partial charge in [-0.25, -0.2) is 13.2 Å². The van der Waals surface area contributed by atoms with E-state index in [1.807, 2.05) is 0 Å². The first-order valence-electron chi connectivity index (χ1n) is 8.87. The van der Waals surface area contributed by atoms with E-state index in [9.17, 15) is 22.8 Å². The molecule has 0 aromatic heterocycles. The molecule has 1 saturated heterocycles. The van der Waals surface area contributed by atoms with E-state index >= 15 is 0 Å². The summed E-state index contributed by atoms with van der Waals surface area (Å²) in [5, 5.41) is 2.53. The third-order valence-electron chi connectivity index (χ3n) is 4.88. The number of carbonyl (C=O) groups is 3. The highest BCUT2D eigenvalue weighted by atomic mass is 32.2. The molecule has 10 heteroatoms. The van der Waals surface area contributed by atoms with Crippen molar-refractivity contribution in [3.8, 4) is 0 Å². The van der Waals surface area contributed by atoms with E-state index in [0.29, 0.717) is 12.1 Å². The zero-order valence-corrected chi connectivity index (χ0v) is 17.4. The Bertz CT molecular complexity index is 930. The van der Waals surface area contributed by atoms with Crippen molar-refractivity contribution in [1.82, 2.24) is 4.90 Å². The summed E-state index contributed by atoms with van der Waals surface area (Å²) in [7, 11) is -1.60. The molecule has 1 aromatic rings. The van der Waals surface area contributed by atoms with Gasteiger partial charge in [0.1, 0.15) is 0 Å². The molecule has 0 bridgehead atoms. The summed E-state index contributed by atoms with van der Waals surface area (Å²) < 4.78 is 28.5. The van der Waals surface area contributed by atoms with Crippen LogP contribution in [-0.2, 0) is 24.2 Å². The molecule has 0 aliphatic carbocycles. The van der Waals surface area contributed by atoms with E-state index < -0.39 is 33.9 Å². The Balaban J connectivity index is 1.65. The van der Waals surface area contributed by atoms with Crippen LogP contribution in [0.3, 0.4) is 0 Å². The van der Waals surface area contributed by atoms with Crippen LogP contribution in [0.15, 0.2) is 23.1 Å². The number of nitrogens with zero attached hydrogens (tertiary/aromatic N) is 1. The van der Waals surface area contributed by atoms with Crippen LogP contribution in [0.5, 0.6) is 0 Å². The average Bonchev–Trinajstić information content (AvgIpc) is 3.00. The van der Waals surface area contributed by atoms with E-state index in [4.69, 9.17) is 4.74 Å². The zero-order chi connectivity index (χ0) is 20.6. The van der Waals surface area contributed by atoms with E-state index in [-0.39, 0.29) is 28.2 Å². The maximum Gasteiger partial charge on any atom is 0.338 e. The Morgan fingerprint density at radius 1 is 1.36 bits per heavy atom. The monoisotopic (exact) mass is 426 g/mol. The van der Waals surface area contributed by atoms with Gasteiger partial charge in [-0.05, 0) is 38.5 Å². The van der Waals surface area contributed by atoms with Gasteiger partial charge in [0.2, 0.25) is 5.91 Å². The molecule has 3 atom stereocenters. The molecule has 0 spiro atoms. The first-order chi connectivity index (χ1) is 13.1. The Morgan fingerprint density at radius 2 is 2.07 bits per heavy atom. The number of fused-ring (bicyclic) bond motifs is 1. The summed E-state index contributed by atoms with van der Waals surface area (Å²) in [5.74, 6) is -1.29. The number of rotatable bonds is 4. The van der Waals surface area contributed by atoms with Crippen molar-refractivity contribution < 1.29 is 27.5 Å². The number of esters is 1. The Hall–Kier alpha value is -2.07. The van der Waals surface area contributed by atoms with Gasteiger partial charge in [-0.1, -0.05) is 0 Å². The minimum atomic E-state index is -3.12. The largest absolute Gasteiger partial charge is 0.449 e. The predicted octanol–water partition coefficient (Wildman–Crippen LogP) is 1.31. The smallest absolute Gasteiger partial charge is 0.338 e. The van der Waals surface area contributed by atoms with E-state index in [1.165, 1.54) is 36.7 Å². The van der Waals surface area contributed by atoms with Gasteiger partial charge in [-0.3, -0.25) is 9.59 Å². The lowest BCUT2D eigenvalue weighted by Crippen LogP contribution is -2.44. The van der Waals surface area contributed by atoms with Gasteiger partial charge in [0, 0.05) is 18.0 Å². The molecule has 1 aromatic carbocycles. The highest BCUT2D eigenvalue weighted by Gasteiger charge is 2.35. The van der Waals surface area contributed by atoms with Gasteiger partial charge >= 0.3 is 5.97 Å². The summed E-state index contributed by atoms with van der Waals surface area (Å²) in [6, 6.07) is 4.44. The maximum absolute atomic E-state index is 12.5. The van der Waals surface area contributed by atoms with Crippen LogP contribution in [0.4, 0.5) is 5.69 Å². The molecule has 28 heavy (non-hydrogen) atoms. The number of thioether (sulfide) groups is 1. The van der Waals surface area contributed by atoms with Gasteiger partial charge < -0.3 is 15.0 Å². The fraction of sp³-hybridized carbons (Fsp3) is 0.500. The highest BCUT2D eigenvalue weighted by molar-refractivity contribution is 8.01. The van der Waals surface area contributed by atoms with E-state index in [1.54, 1.807) is 19.1 Å². The number of ether oxygens (including phenoxy) is 1. The molecule has 1 N–H and O–H groups in total. The number of anilines is 1. The lowest BCUT2D eigenvalue weighted by atomic mass is 10.2. The molecule has 2 amide bonds. The summed E-state index contributed by atoms with van der Waals surface area (Å²) in [6.07, 6.45) is -0.674. The maximum atomic E-state index is 12.5. The van der Waals surface area contributed by atoms with Gasteiger partial charge in [0.15, 0.2) is 15.9 Å². The first kappa shape index (κ1) is 20.7. The van der Waals surface area contributed by atoms with Gasteiger partial charge in [0.05, 0.1) is 28.0 Å². The van der Waals surface area contributed by atoms with Crippen molar-refractivity contribution in [2.45, 2.75) is 42.6 Å². The second-order valence-electron chi connectivity index (χ2n) is 7.01. The minimum Gasteiger partial charge on any atom is -0.449 e. The molecule has 0 radical (unpaired) electrons. The summed E-state index contributed by atoms with van der Waals surface area (Å²) in [5.41, 5.74) is 0.759. The lowest BCUT2D eigenvalue weighted by Gasteiger charge is -2.26. The molecule has 2 heterocycles. The molecule has 3 unspecified atom stereocenters. The molecule has 8 nitrogen and oxygen atoms in total. The Labute approximate surface area is 167 Å². The number of nitrogens with one attached hydrogen (secondary N) is 1. The van der Waals surface area contributed by atoms with Crippen LogP contribution >= 0.6 is 11.8 Å². The molecule has 0 saturated carbocycles. The predicted molar refractivity (Wildman–Crippen MR) is 105 cm³/mol. The summed E-state index contributed by atoms with van der Waals surface area (Å²) in [6.45, 7) is 3.25. The fourth-order valence-electron chi connectivity index (χ4n) is 3.16. The summed E-state index contributed by atoms with van der Waals surface area (Å²) >= 11 is 1.40. The van der Waals surface area contributed by atoms with Crippen LogP contribution in [0.1, 0.15) is 30.6 Å². The Kier molecular flexibility index (Phi) is 5.72. The van der Waals surface area contributed by atoms with Crippen LogP contribution < -0.4 is 5.32 Å². The number of carbonyl (C=O) groups excluding carboxylic acids is 3. The fourth-order valence-corrected chi connectivity index (χ4v) is 5.87. The third-order valence-corrected chi connectivity index (χ3v) is 7.81. The van der Waals surface area contributed by atoms with Crippen LogP contribution in [0.2, 0.25) is 0 Å². The normalized spacial score (nSPS) is 24.0. The van der Waals surface area contributed by atoms with Crippen molar-refractivity contribution in [1.29, 1.82) is 0 Å². The van der Waals surface area contributed by atoms with Crippen molar-refractivity contribution in [2.75, 3.05) is 23.9 Å². The molecule has 1 fully saturated rings. The quantitative estimate of drug-likeness (QED) is 0.723. The minimum absolute atomic E-state index is 0.0565. The lowest BCUT2D eigenvalue weighted by molar-refractivity contribution is -0.140. The SMILES string of the molecule is CC(OC(=O)c1ccc2c(c1)NC(=O)C(C)S2)C(=O)N(C)C1CCS(=O)(=O)C1. The van der Waals surface area contributed by atoms with Crippen molar-refractivity contribution in [3.05, 3.63) is 23.8 Å². The van der Waals surface area contributed by atoms with Crippen LogP contribution in [0, 0.1) is 0 Å². The molecular weight excluding hydrogens is 404 g/mol. The van der Waals surface area contributed by atoms with Gasteiger partial charge in [-0.2, -0.15) is 0 Å². The van der Waals surface area contributed by atoms with Gasteiger partial charge in [-0.15, -0.1) is 11.8 Å². The topological polar surface area (TPSA) is 110 Å². The first-order valence-corrected chi connectivity index (χ1v) is 11.6. The van der Waals surface area contributed by atoms with Crippen molar-refractivity contribution in [3.63, 3.8) is 0 Å². The van der Waals surface area contributed by atoms with Crippen LogP contribution in [-0.4, -0.2) is 67.1 Å². The number of benzene rings is 1. The second kappa shape index (κ2) is 7.75. The number of hydrogen-bond donors (Lipinski definition) is 1. The average molecular weight is 427 g/mol. The third kappa shape index (κ3) is 4.33. The number of likely N-dealkylation sites (N-methyl/N-ethyl adjacent to an activating group) is 1. The van der Waals surface area contributed by atoms with E-state index in [2.05, 4.69) is 5.32 Å². The molecular formula is C18H22N2O6S2. The second-order valence-corrected chi connectivity index (χ2v) is 10.6. The number of hydrogen-bond acceptors (Lipinski definition) is 7. The molecule has 3 rings (SSSR count). The zero-order valence-electron chi connectivity index (χ0n) is 15.8. The van der Waals surface area contributed by atoms with Crippen molar-refractivity contribution in [2.24, 2.45) is 0 Å². The Morgan fingerprint density at radius 3 is 2.71 bits per heavy atom. The van der Waals surface area contributed by atoms with E-state index in [0.717, 1.165) is 4.90 Å². The number of sulfone groups is 1. The highest BCUT2D eigenvalue weighted by Crippen LogP contribution is 2.36. The van der Waals surface area contributed by atoms with Crippen LogP contribution in [0.25, 0.3) is 0 Å². The summed E-state index contributed by atoms with van der Waals surface area (Å²) in [4.78, 5) is 39.0. The van der Waals surface area contributed by atoms with Crippen molar-refractivity contribution >= 4 is 45.1 Å². The molecule has 152 valence electrons.